The number of rotatable bonds is 4. The number of carbonyl (C=O) groups is 1. The normalized spacial score (nSPS) is 19.6. The van der Waals surface area contributed by atoms with Gasteiger partial charge in [-0.1, -0.05) is 54.2 Å². The number of nitrogens with zero attached hydrogens (tertiary/aromatic N) is 2. The van der Waals surface area contributed by atoms with Gasteiger partial charge >= 0.3 is 0 Å². The summed E-state index contributed by atoms with van der Waals surface area (Å²) >= 11 is 1.38. The van der Waals surface area contributed by atoms with Crippen molar-refractivity contribution in [1.82, 2.24) is 5.32 Å². The van der Waals surface area contributed by atoms with Crippen LogP contribution in [0.15, 0.2) is 64.8 Å². The van der Waals surface area contributed by atoms with Crippen LogP contribution in [0.4, 0.5) is 4.39 Å². The van der Waals surface area contributed by atoms with E-state index in [1.807, 2.05) is 30.3 Å². The Morgan fingerprint density at radius 1 is 1.17 bits per heavy atom. The second-order valence-electron chi connectivity index (χ2n) is 5.38. The molecule has 1 heterocycles. The fourth-order valence-electron chi connectivity index (χ4n) is 2.28. The molecule has 0 radical (unpaired) electrons. The molecule has 0 saturated carbocycles. The lowest BCUT2D eigenvalue weighted by atomic mass is 10.1. The second-order valence-corrected chi connectivity index (χ2v) is 6.57. The van der Waals surface area contributed by atoms with Gasteiger partial charge in [0.25, 0.3) is 0 Å². The zero-order valence-corrected chi connectivity index (χ0v) is 13.9. The lowest BCUT2D eigenvalue weighted by Gasteiger charge is -2.04. The number of hydrogen-bond acceptors (Lipinski definition) is 4. The van der Waals surface area contributed by atoms with Crippen LogP contribution < -0.4 is 5.32 Å². The third-order valence-electron chi connectivity index (χ3n) is 3.59. The smallest absolute Gasteiger partial charge is 0.239 e. The van der Waals surface area contributed by atoms with Gasteiger partial charge in [-0.15, -0.1) is 5.10 Å². The van der Waals surface area contributed by atoms with Crippen molar-refractivity contribution in [3.63, 3.8) is 0 Å². The summed E-state index contributed by atoms with van der Waals surface area (Å²) in [5, 5.41) is 11.3. The van der Waals surface area contributed by atoms with Crippen molar-refractivity contribution < 1.29 is 9.18 Å². The number of amides is 1. The standard InChI is InChI=1S/C18H16FN3OS/c1-12(14-7-9-15(19)10-8-14)21-22-18-20-17(23)16(24-18)11-13-5-3-2-4-6-13/h2-10,16H,11H2,1H3,(H,20,22,23). The average Bonchev–Trinajstić information content (AvgIpc) is 2.94. The summed E-state index contributed by atoms with van der Waals surface area (Å²) < 4.78 is 12.9. The van der Waals surface area contributed by atoms with E-state index in [1.165, 1.54) is 23.9 Å². The van der Waals surface area contributed by atoms with E-state index in [1.54, 1.807) is 19.1 Å². The maximum absolute atomic E-state index is 12.9. The van der Waals surface area contributed by atoms with E-state index >= 15 is 0 Å². The van der Waals surface area contributed by atoms with E-state index in [9.17, 15) is 9.18 Å². The first-order valence-corrected chi connectivity index (χ1v) is 8.39. The number of carbonyl (C=O) groups excluding carboxylic acids is 1. The summed E-state index contributed by atoms with van der Waals surface area (Å²) in [4.78, 5) is 12.0. The molecule has 1 N–H and O–H groups in total. The lowest BCUT2D eigenvalue weighted by Crippen LogP contribution is -2.25. The Kier molecular flexibility index (Phi) is 5.05. The predicted molar refractivity (Wildman–Crippen MR) is 95.7 cm³/mol. The van der Waals surface area contributed by atoms with Crippen LogP contribution in [0.5, 0.6) is 0 Å². The van der Waals surface area contributed by atoms with Gasteiger partial charge < -0.3 is 5.32 Å². The maximum atomic E-state index is 12.9. The lowest BCUT2D eigenvalue weighted by molar-refractivity contribution is -0.118. The van der Waals surface area contributed by atoms with Crippen LogP contribution >= 0.6 is 11.8 Å². The number of thioether (sulfide) groups is 1. The number of benzene rings is 2. The average molecular weight is 341 g/mol. The molecule has 0 aromatic heterocycles. The van der Waals surface area contributed by atoms with Gasteiger partial charge in [0.15, 0.2) is 5.17 Å². The first-order valence-electron chi connectivity index (χ1n) is 7.51. The van der Waals surface area contributed by atoms with Crippen LogP contribution in [-0.2, 0) is 11.2 Å². The highest BCUT2D eigenvalue weighted by atomic mass is 32.2. The summed E-state index contributed by atoms with van der Waals surface area (Å²) in [5.74, 6) is -0.350. The monoisotopic (exact) mass is 341 g/mol. The van der Waals surface area contributed by atoms with Gasteiger partial charge in [-0.05, 0) is 36.6 Å². The van der Waals surface area contributed by atoms with Crippen molar-refractivity contribution in [3.8, 4) is 0 Å². The Labute approximate surface area is 143 Å². The zero-order valence-electron chi connectivity index (χ0n) is 13.1. The summed E-state index contributed by atoms with van der Waals surface area (Å²) in [6.07, 6.45) is 0.650. The molecule has 1 fully saturated rings. The third-order valence-corrected chi connectivity index (χ3v) is 4.67. The van der Waals surface area contributed by atoms with Crippen LogP contribution in [0.1, 0.15) is 18.1 Å². The molecule has 24 heavy (non-hydrogen) atoms. The van der Waals surface area contributed by atoms with E-state index in [-0.39, 0.29) is 17.0 Å². The van der Waals surface area contributed by atoms with Crippen LogP contribution in [0.25, 0.3) is 0 Å². The van der Waals surface area contributed by atoms with Crippen molar-refractivity contribution in [2.45, 2.75) is 18.6 Å². The number of nitrogens with one attached hydrogen (secondary N) is 1. The van der Waals surface area contributed by atoms with Crippen LogP contribution in [0.2, 0.25) is 0 Å². The number of halogens is 1. The molecular weight excluding hydrogens is 325 g/mol. The van der Waals surface area contributed by atoms with Crippen LogP contribution in [0, 0.1) is 5.82 Å². The van der Waals surface area contributed by atoms with Gasteiger partial charge in [0.05, 0.1) is 11.0 Å². The molecule has 1 aliphatic rings. The minimum atomic E-state index is -0.291. The summed E-state index contributed by atoms with van der Waals surface area (Å²) in [6.45, 7) is 1.79. The highest BCUT2D eigenvalue weighted by molar-refractivity contribution is 8.15. The van der Waals surface area contributed by atoms with Crippen LogP contribution in [-0.4, -0.2) is 22.0 Å². The Morgan fingerprint density at radius 3 is 2.58 bits per heavy atom. The highest BCUT2D eigenvalue weighted by Gasteiger charge is 2.30. The Balaban J connectivity index is 1.67. The molecule has 0 spiro atoms. The zero-order chi connectivity index (χ0) is 16.9. The molecule has 6 heteroatoms. The molecular formula is C18H16FN3OS. The second kappa shape index (κ2) is 7.40. The minimum absolute atomic E-state index is 0.0581. The molecule has 4 nitrogen and oxygen atoms in total. The van der Waals surface area contributed by atoms with Gasteiger partial charge in [0.1, 0.15) is 5.82 Å². The highest BCUT2D eigenvalue weighted by Crippen LogP contribution is 2.23. The first kappa shape index (κ1) is 16.4. The van der Waals surface area contributed by atoms with Crippen molar-refractivity contribution in [2.24, 2.45) is 10.2 Å². The Bertz CT molecular complexity index is 788. The van der Waals surface area contributed by atoms with Crippen LogP contribution in [0.3, 0.4) is 0 Å². The molecule has 1 amide bonds. The SMILES string of the molecule is CC(=NN=C1NC(=O)C(Cc2ccccc2)S1)c1ccc(F)cc1. The molecule has 1 aliphatic heterocycles. The summed E-state index contributed by atoms with van der Waals surface area (Å²) in [5.41, 5.74) is 2.55. The Morgan fingerprint density at radius 2 is 1.88 bits per heavy atom. The molecule has 1 unspecified atom stereocenters. The molecule has 122 valence electrons. The molecule has 1 atom stereocenters. The molecule has 0 bridgehead atoms. The first-order chi connectivity index (χ1) is 11.6. The third kappa shape index (κ3) is 4.08. The van der Waals surface area contributed by atoms with Gasteiger partial charge in [0, 0.05) is 0 Å². The Hall–Kier alpha value is -2.47. The van der Waals surface area contributed by atoms with E-state index in [0.717, 1.165) is 11.1 Å². The van der Waals surface area contributed by atoms with E-state index in [2.05, 4.69) is 15.5 Å². The van der Waals surface area contributed by atoms with Gasteiger partial charge in [-0.2, -0.15) is 5.10 Å². The topological polar surface area (TPSA) is 53.8 Å². The summed E-state index contributed by atoms with van der Waals surface area (Å²) in [7, 11) is 0. The summed E-state index contributed by atoms with van der Waals surface area (Å²) in [6, 6.07) is 15.9. The van der Waals surface area contributed by atoms with Crippen molar-refractivity contribution >= 4 is 28.5 Å². The molecule has 1 saturated heterocycles. The molecule has 3 rings (SSSR count). The van der Waals surface area contributed by atoms with Gasteiger partial charge in [0.2, 0.25) is 5.91 Å². The number of amidine groups is 1. The quantitative estimate of drug-likeness (QED) is 0.685. The largest absolute Gasteiger partial charge is 0.303 e. The van der Waals surface area contributed by atoms with Crippen molar-refractivity contribution in [2.75, 3.05) is 0 Å². The molecule has 2 aromatic rings. The number of hydrogen-bond donors (Lipinski definition) is 1. The fourth-order valence-corrected chi connectivity index (χ4v) is 3.24. The van der Waals surface area contributed by atoms with Crippen molar-refractivity contribution in [3.05, 3.63) is 71.5 Å². The predicted octanol–water partition coefficient (Wildman–Crippen LogP) is 3.38. The van der Waals surface area contributed by atoms with Crippen molar-refractivity contribution in [1.29, 1.82) is 0 Å². The molecule has 2 aromatic carbocycles. The molecule has 0 aliphatic carbocycles. The van der Waals surface area contributed by atoms with E-state index in [0.29, 0.717) is 17.3 Å². The van der Waals surface area contributed by atoms with Gasteiger partial charge in [-0.3, -0.25) is 4.79 Å². The fraction of sp³-hybridized carbons (Fsp3) is 0.167. The van der Waals surface area contributed by atoms with E-state index in [4.69, 9.17) is 0 Å². The maximum Gasteiger partial charge on any atom is 0.239 e. The van der Waals surface area contributed by atoms with E-state index < -0.39 is 0 Å². The minimum Gasteiger partial charge on any atom is -0.303 e. The van der Waals surface area contributed by atoms with Gasteiger partial charge in [-0.25, -0.2) is 4.39 Å².